The summed E-state index contributed by atoms with van der Waals surface area (Å²) < 4.78 is 1.59. The number of halogens is 1. The maximum atomic E-state index is 12.1. The van der Waals surface area contributed by atoms with Crippen molar-refractivity contribution in [2.24, 2.45) is 0 Å². The van der Waals surface area contributed by atoms with Crippen molar-refractivity contribution >= 4 is 33.7 Å². The quantitative estimate of drug-likeness (QED) is 0.624. The van der Waals surface area contributed by atoms with Crippen LogP contribution in [0.25, 0.3) is 4.96 Å². The van der Waals surface area contributed by atoms with Crippen LogP contribution >= 0.6 is 22.9 Å². The van der Waals surface area contributed by atoms with E-state index >= 15 is 0 Å². The number of nitrogens with zero attached hydrogens (tertiary/aromatic N) is 6. The average Bonchev–Trinajstić information content (AvgIpc) is 3.40. The first kappa shape index (κ1) is 17.1. The van der Waals surface area contributed by atoms with Gasteiger partial charge in [-0.05, 0) is 12.8 Å². The minimum Gasteiger partial charge on any atom is -0.354 e. The van der Waals surface area contributed by atoms with E-state index in [4.69, 9.17) is 16.6 Å². The normalized spacial score (nSPS) is 18.3. The molecule has 27 heavy (non-hydrogen) atoms. The molecular formula is C18H19ClN6OS. The molecule has 3 aromatic heterocycles. The van der Waals surface area contributed by atoms with Crippen LogP contribution in [0.4, 0.5) is 5.82 Å². The van der Waals surface area contributed by atoms with Crippen molar-refractivity contribution in [1.82, 2.24) is 24.3 Å². The van der Waals surface area contributed by atoms with E-state index in [0.717, 1.165) is 61.3 Å². The fraction of sp³-hybridized carbons (Fsp3) is 0.444. The number of anilines is 1. The molecule has 0 aromatic carbocycles. The summed E-state index contributed by atoms with van der Waals surface area (Å²) in [5, 5.41) is 2.41. The predicted molar refractivity (Wildman–Crippen MR) is 106 cm³/mol. The van der Waals surface area contributed by atoms with Gasteiger partial charge in [0.05, 0.1) is 5.69 Å². The highest BCUT2D eigenvalue weighted by atomic mass is 35.5. The third kappa shape index (κ3) is 3.56. The third-order valence-electron chi connectivity index (χ3n) is 5.08. The molecule has 5 rings (SSSR count). The number of hydrogen-bond acceptors (Lipinski definition) is 7. The van der Waals surface area contributed by atoms with Crippen molar-refractivity contribution in [3.63, 3.8) is 0 Å². The van der Waals surface area contributed by atoms with E-state index in [1.165, 1.54) is 11.3 Å². The fourth-order valence-electron chi connectivity index (χ4n) is 3.44. The third-order valence-corrected chi connectivity index (χ3v) is 6.03. The second-order valence-corrected chi connectivity index (χ2v) is 8.35. The Kier molecular flexibility index (Phi) is 4.34. The van der Waals surface area contributed by atoms with Gasteiger partial charge < -0.3 is 4.90 Å². The van der Waals surface area contributed by atoms with Gasteiger partial charge in [0.1, 0.15) is 16.8 Å². The molecule has 7 nitrogen and oxygen atoms in total. The molecule has 0 spiro atoms. The van der Waals surface area contributed by atoms with Gasteiger partial charge in [-0.2, -0.15) is 0 Å². The summed E-state index contributed by atoms with van der Waals surface area (Å²) in [6.07, 6.45) is 4.09. The molecule has 0 unspecified atom stereocenters. The molecule has 0 radical (unpaired) electrons. The van der Waals surface area contributed by atoms with Crippen LogP contribution in [0.5, 0.6) is 0 Å². The lowest BCUT2D eigenvalue weighted by molar-refractivity contribution is 0.246. The second kappa shape index (κ2) is 6.85. The summed E-state index contributed by atoms with van der Waals surface area (Å²) >= 11 is 7.69. The highest BCUT2D eigenvalue weighted by molar-refractivity contribution is 7.15. The van der Waals surface area contributed by atoms with Crippen LogP contribution in [0.1, 0.15) is 30.3 Å². The average molecular weight is 403 g/mol. The number of hydrogen-bond donors (Lipinski definition) is 0. The highest BCUT2D eigenvalue weighted by Gasteiger charge is 2.28. The summed E-state index contributed by atoms with van der Waals surface area (Å²) in [6.45, 7) is 4.22. The summed E-state index contributed by atoms with van der Waals surface area (Å²) in [5.74, 6) is 2.29. The first-order chi connectivity index (χ1) is 13.2. The molecule has 1 saturated carbocycles. The van der Waals surface area contributed by atoms with E-state index in [0.29, 0.717) is 17.6 Å². The van der Waals surface area contributed by atoms with Gasteiger partial charge in [-0.1, -0.05) is 11.6 Å². The first-order valence-electron chi connectivity index (χ1n) is 9.13. The Labute approximate surface area is 165 Å². The first-order valence-corrected chi connectivity index (χ1v) is 10.4. The molecule has 0 atom stereocenters. The van der Waals surface area contributed by atoms with Gasteiger partial charge in [0.2, 0.25) is 0 Å². The van der Waals surface area contributed by atoms with Gasteiger partial charge in [-0.3, -0.25) is 14.1 Å². The Bertz CT molecular complexity index is 1040. The SMILES string of the molecule is O=c1cc(CN2CCN(c3cc(Cl)nc(C4CC4)n3)CC2)nc2sccn12. The summed E-state index contributed by atoms with van der Waals surface area (Å²) in [4.78, 5) is 31.2. The topological polar surface area (TPSA) is 66.6 Å². The lowest BCUT2D eigenvalue weighted by atomic mass is 10.2. The van der Waals surface area contributed by atoms with Crippen LogP contribution in [0.15, 0.2) is 28.5 Å². The van der Waals surface area contributed by atoms with Gasteiger partial charge >= 0.3 is 0 Å². The van der Waals surface area contributed by atoms with Crippen LogP contribution in [-0.4, -0.2) is 50.4 Å². The summed E-state index contributed by atoms with van der Waals surface area (Å²) in [7, 11) is 0. The van der Waals surface area contributed by atoms with Crippen molar-refractivity contribution in [3.8, 4) is 0 Å². The molecule has 140 valence electrons. The van der Waals surface area contributed by atoms with Gasteiger partial charge in [0.25, 0.3) is 5.56 Å². The Hall–Kier alpha value is -2.03. The van der Waals surface area contributed by atoms with Gasteiger partial charge in [-0.25, -0.2) is 15.0 Å². The molecule has 1 aliphatic heterocycles. The van der Waals surface area contributed by atoms with E-state index in [2.05, 4.69) is 19.8 Å². The zero-order valence-electron chi connectivity index (χ0n) is 14.7. The van der Waals surface area contributed by atoms with Crippen molar-refractivity contribution < 1.29 is 0 Å². The molecule has 0 amide bonds. The summed E-state index contributed by atoms with van der Waals surface area (Å²) in [5.41, 5.74) is 0.815. The second-order valence-electron chi connectivity index (χ2n) is 7.09. The molecule has 2 fully saturated rings. The zero-order valence-corrected chi connectivity index (χ0v) is 16.3. The van der Waals surface area contributed by atoms with Gasteiger partial charge in [0.15, 0.2) is 4.96 Å². The molecular weight excluding hydrogens is 384 g/mol. The van der Waals surface area contributed by atoms with Gasteiger partial charge in [-0.15, -0.1) is 11.3 Å². The number of aromatic nitrogens is 4. The summed E-state index contributed by atoms with van der Waals surface area (Å²) in [6, 6.07) is 3.49. The molecule has 0 bridgehead atoms. The molecule has 1 saturated heterocycles. The maximum absolute atomic E-state index is 12.1. The van der Waals surface area contributed by atoms with Crippen LogP contribution in [0.3, 0.4) is 0 Å². The van der Waals surface area contributed by atoms with E-state index in [-0.39, 0.29) is 5.56 Å². The minimum atomic E-state index is -0.0156. The van der Waals surface area contributed by atoms with Crippen molar-refractivity contribution in [3.05, 3.63) is 50.7 Å². The van der Waals surface area contributed by atoms with E-state index in [9.17, 15) is 4.79 Å². The van der Waals surface area contributed by atoms with Gasteiger partial charge in [0, 0.05) is 62.4 Å². The Balaban J connectivity index is 1.26. The van der Waals surface area contributed by atoms with E-state index in [1.54, 1.807) is 16.7 Å². The lowest BCUT2D eigenvalue weighted by Gasteiger charge is -2.35. The monoisotopic (exact) mass is 402 g/mol. The molecule has 4 heterocycles. The van der Waals surface area contributed by atoms with Crippen molar-refractivity contribution in [2.75, 3.05) is 31.1 Å². The Morgan fingerprint density at radius 2 is 1.93 bits per heavy atom. The van der Waals surface area contributed by atoms with Crippen molar-refractivity contribution in [2.45, 2.75) is 25.3 Å². The van der Waals surface area contributed by atoms with Crippen LogP contribution < -0.4 is 10.5 Å². The van der Waals surface area contributed by atoms with Crippen LogP contribution in [-0.2, 0) is 6.54 Å². The maximum Gasteiger partial charge on any atom is 0.258 e. The minimum absolute atomic E-state index is 0.0156. The zero-order chi connectivity index (χ0) is 18.4. The molecule has 1 aliphatic carbocycles. The Morgan fingerprint density at radius 3 is 2.70 bits per heavy atom. The number of piperazine rings is 1. The number of thiazole rings is 1. The van der Waals surface area contributed by atoms with E-state index < -0.39 is 0 Å². The molecule has 3 aromatic rings. The lowest BCUT2D eigenvalue weighted by Crippen LogP contribution is -2.46. The van der Waals surface area contributed by atoms with E-state index in [1.807, 2.05) is 11.4 Å². The highest BCUT2D eigenvalue weighted by Crippen LogP contribution is 2.39. The fourth-order valence-corrected chi connectivity index (χ4v) is 4.36. The predicted octanol–water partition coefficient (Wildman–Crippen LogP) is 2.40. The smallest absolute Gasteiger partial charge is 0.258 e. The Morgan fingerprint density at radius 1 is 1.11 bits per heavy atom. The molecule has 0 N–H and O–H groups in total. The number of rotatable bonds is 4. The molecule has 2 aliphatic rings. The largest absolute Gasteiger partial charge is 0.354 e. The standard InChI is InChI=1S/C18H19ClN6OS/c19-14-10-15(22-17(21-14)12-1-2-12)24-5-3-23(4-6-24)11-13-9-16(26)25-7-8-27-18(25)20-13/h7-10,12H,1-6,11H2. The van der Waals surface area contributed by atoms with Crippen molar-refractivity contribution in [1.29, 1.82) is 0 Å². The molecule has 9 heteroatoms. The van der Waals surface area contributed by atoms with Crippen LogP contribution in [0.2, 0.25) is 5.15 Å². The van der Waals surface area contributed by atoms with Crippen LogP contribution in [0, 0.1) is 0 Å². The number of fused-ring (bicyclic) bond motifs is 1.